The van der Waals surface area contributed by atoms with Crippen LogP contribution in [-0.2, 0) is 18.4 Å². The number of phosphoric ester groups is 1. The third-order valence-electron chi connectivity index (χ3n) is 11.3. The molecule has 0 rings (SSSR count). The second-order valence-electron chi connectivity index (χ2n) is 18.9. The van der Waals surface area contributed by atoms with Gasteiger partial charge in [-0.2, -0.15) is 0 Å². The first-order valence-corrected chi connectivity index (χ1v) is 28.1. The Kier molecular flexibility index (Phi) is 45.6. The molecule has 0 aromatic carbocycles. The predicted molar refractivity (Wildman–Crippen MR) is 286 cm³/mol. The number of carbonyl (C=O) groups is 1. The van der Waals surface area contributed by atoms with Gasteiger partial charge in [0.05, 0.1) is 39.9 Å². The molecular weight excluding hydrogens is 840 g/mol. The van der Waals surface area contributed by atoms with E-state index in [4.69, 9.17) is 9.05 Å². The van der Waals surface area contributed by atoms with Crippen molar-refractivity contribution in [1.29, 1.82) is 0 Å². The molecule has 0 heterocycles. The summed E-state index contributed by atoms with van der Waals surface area (Å²) in [6, 6.07) is -0.761. The van der Waals surface area contributed by atoms with Crippen molar-refractivity contribution in [2.45, 2.75) is 219 Å². The SMILES string of the molecule is CC/C=C\C/C=C\C/C=C\C/C=C\C/C=C\C/C=C\C/C=C\C/C=C\CCCCCCCCCCCCCCCCC(=O)NC(COP(=O)(O)OCC[N+](C)(C)C)C(O)CCCCCCC. The van der Waals surface area contributed by atoms with Gasteiger partial charge in [-0.1, -0.05) is 220 Å². The topological polar surface area (TPSA) is 105 Å². The molecule has 0 aliphatic carbocycles. The van der Waals surface area contributed by atoms with Gasteiger partial charge in [-0.3, -0.25) is 13.8 Å². The number of hydrogen-bond acceptors (Lipinski definition) is 5. The summed E-state index contributed by atoms with van der Waals surface area (Å²) in [5.74, 6) is -0.156. The van der Waals surface area contributed by atoms with Gasteiger partial charge < -0.3 is 19.8 Å². The number of unbranched alkanes of at least 4 members (excludes halogenated alkanes) is 18. The average Bonchev–Trinajstić information content (AvgIpc) is 3.27. The summed E-state index contributed by atoms with van der Waals surface area (Å²) >= 11 is 0. The molecule has 0 aliphatic rings. The lowest BCUT2D eigenvalue weighted by Crippen LogP contribution is -2.46. The van der Waals surface area contributed by atoms with Crippen LogP contribution in [0.2, 0.25) is 0 Å². The first-order valence-electron chi connectivity index (χ1n) is 26.6. The van der Waals surface area contributed by atoms with Crippen LogP contribution in [0, 0.1) is 0 Å². The zero-order valence-electron chi connectivity index (χ0n) is 43.1. The summed E-state index contributed by atoms with van der Waals surface area (Å²) in [7, 11) is 1.60. The largest absolute Gasteiger partial charge is 0.472 e. The standard InChI is InChI=1S/C57H101N2O6P/c1-6-8-10-12-13-14-15-16-17-18-19-20-21-22-23-24-25-26-27-28-29-30-31-32-33-34-35-36-37-38-39-40-41-42-43-44-45-47-49-51-57(61)58-55(56(60)50-48-46-11-9-7-2)54-65-66(62,63)64-53-52-59(3,4)5/h8,10,13-14,16-17,19-20,22-23,25-26,28-29,31-32,55-56,60H,6-7,9,11-12,15,18,21,24,27,30,33-54H2,1-5H3,(H-,58,61,62,63)/p+1/b10-8-,14-13-,17-16-,20-19-,23-22-,26-25-,29-28-,32-31-. The van der Waals surface area contributed by atoms with E-state index in [0.29, 0.717) is 23.9 Å². The van der Waals surface area contributed by atoms with Crippen LogP contribution in [0.1, 0.15) is 206 Å². The Balaban J connectivity index is 3.84. The molecule has 0 aromatic heterocycles. The molecule has 0 bridgehead atoms. The first kappa shape index (κ1) is 63.4. The highest BCUT2D eigenvalue weighted by atomic mass is 31.2. The highest BCUT2D eigenvalue weighted by Gasteiger charge is 2.28. The third kappa shape index (κ3) is 49.3. The Morgan fingerprint density at radius 1 is 0.530 bits per heavy atom. The fourth-order valence-corrected chi connectivity index (χ4v) is 7.91. The second-order valence-corrected chi connectivity index (χ2v) is 20.3. The molecule has 0 saturated carbocycles. The molecule has 0 aromatic rings. The van der Waals surface area contributed by atoms with Crippen LogP contribution >= 0.6 is 7.82 Å². The zero-order valence-corrected chi connectivity index (χ0v) is 44.0. The number of aliphatic hydroxyl groups is 1. The van der Waals surface area contributed by atoms with Crippen molar-refractivity contribution in [3.05, 3.63) is 97.2 Å². The molecule has 0 fully saturated rings. The van der Waals surface area contributed by atoms with E-state index in [9.17, 15) is 19.4 Å². The summed E-state index contributed by atoms with van der Waals surface area (Å²) in [6.07, 6.45) is 68.0. The van der Waals surface area contributed by atoms with Crippen molar-refractivity contribution < 1.29 is 32.9 Å². The minimum atomic E-state index is -4.30. The number of nitrogens with one attached hydrogen (secondary N) is 1. The number of likely N-dealkylation sites (N-methyl/N-ethyl adjacent to an activating group) is 1. The third-order valence-corrected chi connectivity index (χ3v) is 12.3. The monoisotopic (exact) mass is 942 g/mol. The fraction of sp³-hybridized carbons (Fsp3) is 0.702. The van der Waals surface area contributed by atoms with Gasteiger partial charge in [0.2, 0.25) is 5.91 Å². The molecule has 66 heavy (non-hydrogen) atoms. The Morgan fingerprint density at radius 3 is 1.33 bits per heavy atom. The number of phosphoric acid groups is 1. The van der Waals surface area contributed by atoms with E-state index < -0.39 is 20.0 Å². The lowest BCUT2D eigenvalue weighted by molar-refractivity contribution is -0.870. The molecule has 0 aliphatic heterocycles. The minimum absolute atomic E-state index is 0.0705. The maximum atomic E-state index is 12.8. The van der Waals surface area contributed by atoms with Gasteiger partial charge in [-0.25, -0.2) is 4.57 Å². The van der Waals surface area contributed by atoms with Crippen LogP contribution < -0.4 is 5.32 Å². The quantitative estimate of drug-likeness (QED) is 0.0243. The van der Waals surface area contributed by atoms with Crippen LogP contribution in [0.4, 0.5) is 0 Å². The Labute approximate surface area is 407 Å². The van der Waals surface area contributed by atoms with Gasteiger partial charge in [0, 0.05) is 6.42 Å². The van der Waals surface area contributed by atoms with Crippen molar-refractivity contribution in [2.24, 2.45) is 0 Å². The van der Waals surface area contributed by atoms with E-state index in [1.54, 1.807) is 0 Å². The number of hydrogen-bond donors (Lipinski definition) is 3. The van der Waals surface area contributed by atoms with E-state index in [2.05, 4.69) is 116 Å². The summed E-state index contributed by atoms with van der Waals surface area (Å²) in [5, 5.41) is 13.8. The highest BCUT2D eigenvalue weighted by molar-refractivity contribution is 7.47. The minimum Gasteiger partial charge on any atom is -0.391 e. The number of amides is 1. The zero-order chi connectivity index (χ0) is 48.5. The summed E-state index contributed by atoms with van der Waals surface area (Å²) in [6.45, 7) is 4.67. The average molecular weight is 942 g/mol. The Hall–Kier alpha value is -2.58. The van der Waals surface area contributed by atoms with E-state index in [-0.39, 0.29) is 19.1 Å². The molecule has 3 N–H and O–H groups in total. The second kappa shape index (κ2) is 47.5. The molecule has 3 unspecified atom stereocenters. The van der Waals surface area contributed by atoms with Gasteiger partial charge >= 0.3 is 7.82 Å². The molecule has 0 radical (unpaired) electrons. The van der Waals surface area contributed by atoms with Gasteiger partial charge in [0.25, 0.3) is 0 Å². The molecule has 8 nitrogen and oxygen atoms in total. The van der Waals surface area contributed by atoms with E-state index in [0.717, 1.165) is 103 Å². The lowest BCUT2D eigenvalue weighted by Gasteiger charge is -2.26. The lowest BCUT2D eigenvalue weighted by atomic mass is 10.0. The van der Waals surface area contributed by atoms with Gasteiger partial charge in [-0.05, 0) is 77.0 Å². The number of allylic oxidation sites excluding steroid dienone is 16. The number of quaternary nitrogens is 1. The molecule has 1 amide bonds. The predicted octanol–water partition coefficient (Wildman–Crippen LogP) is 15.9. The van der Waals surface area contributed by atoms with E-state index in [1.165, 1.54) is 77.0 Å². The van der Waals surface area contributed by atoms with Gasteiger partial charge in [0.15, 0.2) is 0 Å². The van der Waals surface area contributed by atoms with Crippen molar-refractivity contribution in [1.82, 2.24) is 5.32 Å². The fourth-order valence-electron chi connectivity index (χ4n) is 7.18. The van der Waals surface area contributed by atoms with Crippen LogP contribution in [0.5, 0.6) is 0 Å². The van der Waals surface area contributed by atoms with Crippen molar-refractivity contribution >= 4 is 13.7 Å². The number of carbonyl (C=O) groups excluding carboxylic acids is 1. The number of aliphatic hydroxyl groups excluding tert-OH is 1. The maximum Gasteiger partial charge on any atom is 0.472 e. The van der Waals surface area contributed by atoms with E-state index >= 15 is 0 Å². The van der Waals surface area contributed by atoms with Crippen LogP contribution in [0.3, 0.4) is 0 Å². The smallest absolute Gasteiger partial charge is 0.391 e. The van der Waals surface area contributed by atoms with Gasteiger partial charge in [0.1, 0.15) is 13.2 Å². The Bertz CT molecular complexity index is 1390. The van der Waals surface area contributed by atoms with Crippen molar-refractivity contribution in [2.75, 3.05) is 40.9 Å². The van der Waals surface area contributed by atoms with Crippen LogP contribution in [-0.4, -0.2) is 73.4 Å². The summed E-state index contributed by atoms with van der Waals surface area (Å²) < 4.78 is 23.5. The molecule has 0 spiro atoms. The Morgan fingerprint density at radius 2 is 0.909 bits per heavy atom. The molecule has 9 heteroatoms. The summed E-state index contributed by atoms with van der Waals surface area (Å²) in [4.78, 5) is 23.0. The van der Waals surface area contributed by atoms with Crippen molar-refractivity contribution in [3.8, 4) is 0 Å². The molecular formula is C57H102N2O6P+. The van der Waals surface area contributed by atoms with Gasteiger partial charge in [-0.15, -0.1) is 0 Å². The van der Waals surface area contributed by atoms with Crippen LogP contribution in [0.25, 0.3) is 0 Å². The number of nitrogens with zero attached hydrogens (tertiary/aromatic N) is 1. The molecule has 380 valence electrons. The number of rotatable bonds is 47. The first-order chi connectivity index (χ1) is 32.0. The molecule has 0 saturated heterocycles. The summed E-state index contributed by atoms with van der Waals surface area (Å²) in [5.41, 5.74) is 0. The van der Waals surface area contributed by atoms with Crippen molar-refractivity contribution in [3.63, 3.8) is 0 Å². The van der Waals surface area contributed by atoms with Crippen LogP contribution in [0.15, 0.2) is 97.2 Å². The maximum absolute atomic E-state index is 12.8. The highest BCUT2D eigenvalue weighted by Crippen LogP contribution is 2.43. The normalized spacial score (nSPS) is 14.8. The molecule has 3 atom stereocenters. The van der Waals surface area contributed by atoms with E-state index in [1.807, 2.05) is 21.1 Å².